The Labute approximate surface area is 173 Å². The first-order valence-corrected chi connectivity index (χ1v) is 10.0. The summed E-state index contributed by atoms with van der Waals surface area (Å²) >= 11 is 0. The van der Waals surface area contributed by atoms with E-state index in [9.17, 15) is 0 Å². The van der Waals surface area contributed by atoms with Crippen LogP contribution in [0.4, 0.5) is 5.69 Å². The van der Waals surface area contributed by atoms with E-state index < -0.39 is 0 Å². The van der Waals surface area contributed by atoms with Crippen molar-refractivity contribution in [1.29, 1.82) is 0 Å². The monoisotopic (exact) mass is 399 g/mol. The van der Waals surface area contributed by atoms with Crippen molar-refractivity contribution in [3.63, 3.8) is 0 Å². The molecule has 0 bridgehead atoms. The number of hydrogen-bond acceptors (Lipinski definition) is 5. The molecule has 29 heavy (non-hydrogen) atoms. The van der Waals surface area contributed by atoms with E-state index in [1.165, 1.54) is 11.3 Å². The summed E-state index contributed by atoms with van der Waals surface area (Å²) in [6, 6.07) is 8.51. The van der Waals surface area contributed by atoms with Gasteiger partial charge in [-0.05, 0) is 38.4 Å². The van der Waals surface area contributed by atoms with Crippen molar-refractivity contribution in [3.05, 3.63) is 42.2 Å². The second-order valence-electron chi connectivity index (χ2n) is 7.53. The molecule has 1 aromatic heterocycles. The first kappa shape index (κ1) is 21.0. The molecule has 2 aromatic rings. The van der Waals surface area contributed by atoms with Crippen LogP contribution in [0.3, 0.4) is 0 Å². The van der Waals surface area contributed by atoms with Crippen LogP contribution in [0.2, 0.25) is 0 Å². The fraction of sp³-hybridized carbons (Fsp3) is 0.524. The van der Waals surface area contributed by atoms with Crippen LogP contribution in [0.5, 0.6) is 5.75 Å². The van der Waals surface area contributed by atoms with Gasteiger partial charge in [0.2, 0.25) is 0 Å². The molecule has 8 nitrogen and oxygen atoms in total. The van der Waals surface area contributed by atoms with E-state index in [4.69, 9.17) is 4.74 Å². The second kappa shape index (κ2) is 9.65. The number of nitrogens with one attached hydrogen (secondary N) is 1. The predicted octanol–water partition coefficient (Wildman–Crippen LogP) is 1.43. The number of nitrogens with zero attached hydrogens (tertiary/aromatic N) is 6. The summed E-state index contributed by atoms with van der Waals surface area (Å²) in [7, 11) is 9.69. The Bertz CT molecular complexity index is 792. The van der Waals surface area contributed by atoms with Gasteiger partial charge in [0.15, 0.2) is 5.96 Å². The van der Waals surface area contributed by atoms with Crippen molar-refractivity contribution >= 4 is 11.6 Å². The minimum absolute atomic E-state index is 0.237. The molecule has 0 saturated carbocycles. The summed E-state index contributed by atoms with van der Waals surface area (Å²) in [6.07, 6.45) is 4.01. The lowest BCUT2D eigenvalue weighted by Crippen LogP contribution is -2.53. The number of aryl methyl sites for hydroxylation is 1. The number of piperazine rings is 1. The van der Waals surface area contributed by atoms with Crippen LogP contribution in [0.15, 0.2) is 41.7 Å². The quantitative estimate of drug-likeness (QED) is 0.586. The van der Waals surface area contributed by atoms with E-state index in [0.717, 1.165) is 44.4 Å². The van der Waals surface area contributed by atoms with Crippen molar-refractivity contribution in [3.8, 4) is 5.75 Å². The first-order chi connectivity index (χ1) is 14.0. The van der Waals surface area contributed by atoms with Crippen molar-refractivity contribution < 1.29 is 4.74 Å². The van der Waals surface area contributed by atoms with Crippen LogP contribution in [0.1, 0.15) is 11.6 Å². The molecule has 1 aromatic carbocycles. The highest BCUT2D eigenvalue weighted by Crippen LogP contribution is 2.21. The van der Waals surface area contributed by atoms with Crippen LogP contribution in [-0.2, 0) is 7.05 Å². The summed E-state index contributed by atoms with van der Waals surface area (Å²) < 4.78 is 7.10. The largest absolute Gasteiger partial charge is 0.497 e. The number of rotatable bonds is 6. The maximum Gasteiger partial charge on any atom is 0.193 e. The standard InChI is InChI=1S/C21H33N7O/c1-22-21(23-15-20(25(2)3)17-14-24-26(4)16-17)28-12-10-27(11-13-28)18-6-8-19(29-5)9-7-18/h6-9,14,16,20H,10-13,15H2,1-5H3,(H,22,23). The van der Waals surface area contributed by atoms with Crippen molar-refractivity contribution in [1.82, 2.24) is 24.9 Å². The molecule has 0 spiro atoms. The number of benzene rings is 1. The molecule has 1 N–H and O–H groups in total. The Morgan fingerprint density at radius 1 is 1.21 bits per heavy atom. The third kappa shape index (κ3) is 5.20. The van der Waals surface area contributed by atoms with Gasteiger partial charge in [-0.25, -0.2) is 0 Å². The third-order valence-corrected chi connectivity index (χ3v) is 5.42. The maximum atomic E-state index is 5.26. The molecule has 1 aliphatic heterocycles. The second-order valence-corrected chi connectivity index (χ2v) is 7.53. The highest BCUT2D eigenvalue weighted by atomic mass is 16.5. The third-order valence-electron chi connectivity index (χ3n) is 5.42. The van der Waals surface area contributed by atoms with Gasteiger partial charge in [-0.3, -0.25) is 9.67 Å². The lowest BCUT2D eigenvalue weighted by molar-refractivity contribution is 0.292. The van der Waals surface area contributed by atoms with Gasteiger partial charge in [-0.15, -0.1) is 0 Å². The van der Waals surface area contributed by atoms with Gasteiger partial charge in [0.1, 0.15) is 5.75 Å². The Kier molecular flexibility index (Phi) is 6.98. The molecule has 2 heterocycles. The zero-order valence-electron chi connectivity index (χ0n) is 18.2. The summed E-state index contributed by atoms with van der Waals surface area (Å²) in [5.74, 6) is 1.84. The number of likely N-dealkylation sites (N-methyl/N-ethyl adjacent to an activating group) is 1. The first-order valence-electron chi connectivity index (χ1n) is 10.0. The Morgan fingerprint density at radius 2 is 1.90 bits per heavy atom. The van der Waals surface area contributed by atoms with E-state index in [2.05, 4.69) is 62.5 Å². The summed E-state index contributed by atoms with van der Waals surface area (Å²) in [6.45, 7) is 4.58. The van der Waals surface area contributed by atoms with E-state index >= 15 is 0 Å². The normalized spacial score (nSPS) is 16.3. The Morgan fingerprint density at radius 3 is 2.41 bits per heavy atom. The molecule has 3 rings (SSSR count). The minimum atomic E-state index is 0.237. The Balaban J connectivity index is 1.55. The van der Waals surface area contributed by atoms with Crippen LogP contribution in [0.25, 0.3) is 0 Å². The zero-order valence-corrected chi connectivity index (χ0v) is 18.2. The molecule has 0 aliphatic carbocycles. The van der Waals surface area contributed by atoms with E-state index in [1.807, 2.05) is 37.1 Å². The predicted molar refractivity (Wildman–Crippen MR) is 118 cm³/mol. The molecule has 1 saturated heterocycles. The number of hydrogen-bond donors (Lipinski definition) is 1. The van der Waals surface area contributed by atoms with Crippen molar-refractivity contribution in [2.24, 2.45) is 12.0 Å². The molecular weight excluding hydrogens is 366 g/mol. The molecule has 158 valence electrons. The summed E-state index contributed by atoms with van der Waals surface area (Å²) in [5, 5.41) is 7.87. The molecule has 8 heteroatoms. The molecule has 0 radical (unpaired) electrons. The lowest BCUT2D eigenvalue weighted by atomic mass is 10.1. The number of anilines is 1. The average molecular weight is 400 g/mol. The Hall–Kier alpha value is -2.74. The molecule has 1 fully saturated rings. The molecule has 1 atom stereocenters. The number of methoxy groups -OCH3 is 1. The van der Waals surface area contributed by atoms with E-state index in [-0.39, 0.29) is 6.04 Å². The lowest BCUT2D eigenvalue weighted by Gasteiger charge is -2.38. The number of ether oxygens (including phenoxy) is 1. The fourth-order valence-corrected chi connectivity index (χ4v) is 3.70. The van der Waals surface area contributed by atoms with Crippen LogP contribution in [-0.4, -0.2) is 86.5 Å². The molecular formula is C21H33N7O. The van der Waals surface area contributed by atoms with Crippen LogP contribution in [0, 0.1) is 0 Å². The van der Waals surface area contributed by atoms with Crippen molar-refractivity contribution in [2.75, 3.05) is 65.9 Å². The van der Waals surface area contributed by atoms with Gasteiger partial charge < -0.3 is 24.8 Å². The van der Waals surface area contributed by atoms with E-state index in [1.54, 1.807) is 7.11 Å². The molecule has 0 amide bonds. The topological polar surface area (TPSA) is 61.2 Å². The highest BCUT2D eigenvalue weighted by molar-refractivity contribution is 5.80. The number of guanidine groups is 1. The molecule has 1 unspecified atom stereocenters. The van der Waals surface area contributed by atoms with Crippen molar-refractivity contribution in [2.45, 2.75) is 6.04 Å². The smallest absolute Gasteiger partial charge is 0.193 e. The average Bonchev–Trinajstić information content (AvgIpc) is 3.17. The van der Waals surface area contributed by atoms with Crippen LogP contribution >= 0.6 is 0 Å². The van der Waals surface area contributed by atoms with Crippen LogP contribution < -0.4 is 15.0 Å². The maximum absolute atomic E-state index is 5.26. The van der Waals surface area contributed by atoms with Gasteiger partial charge in [-0.2, -0.15) is 5.10 Å². The summed E-state index contributed by atoms with van der Waals surface area (Å²) in [5.41, 5.74) is 2.43. The number of aliphatic imine (C=N–C) groups is 1. The highest BCUT2D eigenvalue weighted by Gasteiger charge is 2.22. The fourth-order valence-electron chi connectivity index (χ4n) is 3.70. The van der Waals surface area contributed by atoms with Gasteiger partial charge in [-0.1, -0.05) is 0 Å². The van der Waals surface area contributed by atoms with Gasteiger partial charge in [0.05, 0.1) is 19.3 Å². The minimum Gasteiger partial charge on any atom is -0.497 e. The SMILES string of the molecule is CN=C(NCC(c1cnn(C)c1)N(C)C)N1CCN(c2ccc(OC)cc2)CC1. The number of aromatic nitrogens is 2. The summed E-state index contributed by atoms with van der Waals surface area (Å²) in [4.78, 5) is 11.5. The van der Waals surface area contributed by atoms with E-state index in [0.29, 0.717) is 0 Å². The van der Waals surface area contributed by atoms with Gasteiger partial charge >= 0.3 is 0 Å². The van der Waals surface area contributed by atoms with Gasteiger partial charge in [0, 0.05) is 64.3 Å². The molecule has 1 aliphatic rings. The zero-order chi connectivity index (χ0) is 20.8. The van der Waals surface area contributed by atoms with Gasteiger partial charge in [0.25, 0.3) is 0 Å².